The first-order chi connectivity index (χ1) is 4.31. The van der Waals surface area contributed by atoms with Crippen LogP contribution in [0.2, 0.25) is 0 Å². The van der Waals surface area contributed by atoms with E-state index in [4.69, 9.17) is 4.74 Å². The van der Waals surface area contributed by atoms with Crippen LogP contribution in [0.15, 0.2) is 11.6 Å². The summed E-state index contributed by atoms with van der Waals surface area (Å²) in [5.41, 5.74) is 1.18. The van der Waals surface area contributed by atoms with Gasteiger partial charge in [0.1, 0.15) is 0 Å². The first-order valence-electron chi connectivity index (χ1n) is 2.82. The molecule has 0 fully saturated rings. The Morgan fingerprint density at radius 2 is 2.18 bits per heavy atom. The average Bonchev–Trinajstić information content (AvgIpc) is 1.89. The van der Waals surface area contributed by atoms with Crippen molar-refractivity contribution >= 4 is 34.8 Å². The standard InChI is InChI=1S/C7H13OS.BrH.Mg/c1-4-7(2)5-8-6-9-3;;/h4H,1,5-6H2,2-3H3;1H;/q-1;;+2/p-1/b7-4+;;. The Bertz CT molecular complexity index is 98.4. The van der Waals surface area contributed by atoms with Gasteiger partial charge >= 0.3 is 23.1 Å². The fourth-order valence-corrected chi connectivity index (χ4v) is 0.595. The van der Waals surface area contributed by atoms with E-state index >= 15 is 0 Å². The molecule has 0 heterocycles. The molecule has 1 nitrogen and oxygen atoms in total. The van der Waals surface area contributed by atoms with Crippen LogP contribution in [0.4, 0.5) is 0 Å². The molecule has 0 N–H and O–H groups in total. The van der Waals surface area contributed by atoms with E-state index in [1.165, 1.54) is 5.57 Å². The van der Waals surface area contributed by atoms with Crippen LogP contribution in [-0.2, 0) is 4.74 Å². The van der Waals surface area contributed by atoms with Gasteiger partial charge in [-0.05, 0) is 6.26 Å². The number of ether oxygens (including phenoxy) is 1. The quantitative estimate of drug-likeness (QED) is 0.266. The molecule has 0 unspecified atom stereocenters. The third-order valence-corrected chi connectivity index (χ3v) is 1.28. The summed E-state index contributed by atoms with van der Waals surface area (Å²) >= 11 is 1.68. The molecule has 0 spiro atoms. The molecule has 0 aliphatic carbocycles. The zero-order chi connectivity index (χ0) is 7.11. The van der Waals surface area contributed by atoms with Crippen molar-refractivity contribution in [2.45, 2.75) is 6.92 Å². The fourth-order valence-electron chi connectivity index (χ4n) is 0.345. The number of hydrogen-bond acceptors (Lipinski definition) is 2. The van der Waals surface area contributed by atoms with E-state index in [1.807, 2.05) is 19.3 Å². The third-order valence-electron chi connectivity index (χ3n) is 0.879. The predicted molar refractivity (Wildman–Crippen MR) is 49.2 cm³/mol. The predicted octanol–water partition coefficient (Wildman–Crippen LogP) is -1.27. The van der Waals surface area contributed by atoms with Gasteiger partial charge in [-0.15, -0.1) is 18.7 Å². The molecule has 0 saturated carbocycles. The molecule has 0 bridgehead atoms. The maximum absolute atomic E-state index is 5.19. The minimum Gasteiger partial charge on any atom is -1.00 e. The Morgan fingerprint density at radius 3 is 2.55 bits per heavy atom. The molecule has 0 radical (unpaired) electrons. The fraction of sp³-hybridized carbons (Fsp3) is 0.571. The van der Waals surface area contributed by atoms with Crippen molar-refractivity contribution in [1.82, 2.24) is 0 Å². The zero-order valence-corrected chi connectivity index (χ0v) is 10.9. The van der Waals surface area contributed by atoms with E-state index in [1.54, 1.807) is 11.8 Å². The number of halogens is 1. The molecule has 0 aromatic rings. The van der Waals surface area contributed by atoms with Gasteiger partial charge < -0.3 is 21.7 Å². The molecule has 0 rings (SSSR count). The minimum atomic E-state index is 0. The van der Waals surface area contributed by atoms with Crippen molar-refractivity contribution in [2.24, 2.45) is 0 Å². The molecule has 0 aliphatic heterocycles. The number of allylic oxidation sites excluding steroid dienone is 1. The van der Waals surface area contributed by atoms with Crippen LogP contribution in [0, 0.1) is 6.92 Å². The normalized spacial score (nSPS) is 9.82. The van der Waals surface area contributed by atoms with Gasteiger partial charge in [0.25, 0.3) is 0 Å². The molecule has 11 heavy (non-hydrogen) atoms. The second kappa shape index (κ2) is 13.7. The van der Waals surface area contributed by atoms with Gasteiger partial charge in [0.15, 0.2) is 0 Å². The largest absolute Gasteiger partial charge is 2.00 e. The Morgan fingerprint density at radius 1 is 1.64 bits per heavy atom. The molecule has 0 saturated heterocycles. The van der Waals surface area contributed by atoms with E-state index in [0.717, 1.165) is 5.94 Å². The van der Waals surface area contributed by atoms with Crippen LogP contribution in [0.3, 0.4) is 0 Å². The Hall–Kier alpha value is 1.17. The Balaban J connectivity index is -0.000000320. The van der Waals surface area contributed by atoms with Gasteiger partial charge in [-0.3, -0.25) is 0 Å². The van der Waals surface area contributed by atoms with Gasteiger partial charge in [-0.2, -0.15) is 5.57 Å². The molecule has 0 atom stereocenters. The van der Waals surface area contributed by atoms with Crippen molar-refractivity contribution in [3.05, 3.63) is 18.6 Å². The molecule has 0 aromatic heterocycles. The molecule has 4 heteroatoms. The monoisotopic (exact) mass is 248 g/mol. The summed E-state index contributed by atoms with van der Waals surface area (Å²) in [6.07, 6.45) is 3.84. The van der Waals surface area contributed by atoms with Crippen molar-refractivity contribution < 1.29 is 21.7 Å². The summed E-state index contributed by atoms with van der Waals surface area (Å²) < 4.78 is 5.19. The minimum absolute atomic E-state index is 0. The van der Waals surface area contributed by atoms with Crippen molar-refractivity contribution in [3.63, 3.8) is 0 Å². The SMILES string of the molecule is [Br-].[CH2-]/C=C(\C)COCSC.[Mg+2]. The van der Waals surface area contributed by atoms with Crippen LogP contribution in [-0.4, -0.2) is 41.9 Å². The molecule has 62 valence electrons. The van der Waals surface area contributed by atoms with Crippen LogP contribution >= 0.6 is 11.8 Å². The second-order valence-electron chi connectivity index (χ2n) is 1.81. The van der Waals surface area contributed by atoms with E-state index in [9.17, 15) is 0 Å². The molecule has 0 aliphatic rings. The maximum atomic E-state index is 5.19. The summed E-state index contributed by atoms with van der Waals surface area (Å²) in [4.78, 5) is 0. The smallest absolute Gasteiger partial charge is 1.00 e. The van der Waals surface area contributed by atoms with Crippen LogP contribution in [0.1, 0.15) is 6.92 Å². The molecule has 0 amide bonds. The van der Waals surface area contributed by atoms with Crippen LogP contribution < -0.4 is 17.0 Å². The first kappa shape index (κ1) is 18.1. The summed E-state index contributed by atoms with van der Waals surface area (Å²) in [6, 6.07) is 0. The van der Waals surface area contributed by atoms with E-state index in [-0.39, 0.29) is 40.0 Å². The second-order valence-corrected chi connectivity index (χ2v) is 2.62. The van der Waals surface area contributed by atoms with Gasteiger partial charge in [0, 0.05) is 6.61 Å². The summed E-state index contributed by atoms with van der Waals surface area (Å²) in [5.74, 6) is 0.769. The van der Waals surface area contributed by atoms with Crippen LogP contribution in [0.25, 0.3) is 0 Å². The summed E-state index contributed by atoms with van der Waals surface area (Å²) in [7, 11) is 0. The van der Waals surface area contributed by atoms with Gasteiger partial charge in [-0.25, -0.2) is 13.0 Å². The van der Waals surface area contributed by atoms with Crippen LogP contribution in [0.5, 0.6) is 0 Å². The third kappa shape index (κ3) is 14.1. The Kier molecular flexibility index (Phi) is 22.5. The Labute approximate surface area is 100 Å². The van der Waals surface area contributed by atoms with E-state index in [2.05, 4.69) is 6.92 Å². The van der Waals surface area contributed by atoms with Gasteiger partial charge in [-0.1, -0.05) is 0 Å². The topological polar surface area (TPSA) is 9.23 Å². The summed E-state index contributed by atoms with van der Waals surface area (Å²) in [5, 5.41) is 0. The molecular weight excluding hydrogens is 236 g/mol. The maximum Gasteiger partial charge on any atom is 2.00 e. The molecular formula is C7H13BrMgOS. The van der Waals surface area contributed by atoms with E-state index in [0.29, 0.717) is 6.61 Å². The number of rotatable bonds is 4. The van der Waals surface area contributed by atoms with Crippen molar-refractivity contribution in [2.75, 3.05) is 18.8 Å². The van der Waals surface area contributed by atoms with Crippen molar-refractivity contribution in [1.29, 1.82) is 0 Å². The van der Waals surface area contributed by atoms with Crippen molar-refractivity contribution in [3.8, 4) is 0 Å². The van der Waals surface area contributed by atoms with E-state index < -0.39 is 0 Å². The summed E-state index contributed by atoms with van der Waals surface area (Å²) in [6.45, 7) is 6.34. The number of hydrogen-bond donors (Lipinski definition) is 0. The average molecular weight is 249 g/mol. The van der Waals surface area contributed by atoms with Gasteiger partial charge in [0.2, 0.25) is 0 Å². The van der Waals surface area contributed by atoms with Gasteiger partial charge in [0.05, 0.1) is 5.94 Å². The molecule has 0 aromatic carbocycles. The first-order valence-corrected chi connectivity index (χ1v) is 4.22. The zero-order valence-electron chi connectivity index (χ0n) is 7.10. The number of thioether (sulfide) groups is 1.